The average Bonchev–Trinajstić information content (AvgIpc) is 2.99. The van der Waals surface area contributed by atoms with Crippen molar-refractivity contribution >= 4 is 29.5 Å². The van der Waals surface area contributed by atoms with Gasteiger partial charge in [-0.1, -0.05) is 6.08 Å². The highest BCUT2D eigenvalue weighted by Gasteiger charge is 2.24. The molecule has 0 aromatic heterocycles. The molecule has 0 radical (unpaired) electrons. The van der Waals surface area contributed by atoms with Crippen LogP contribution in [0, 0.1) is 0 Å². The minimum Gasteiger partial charge on any atom is -0.506 e. The maximum absolute atomic E-state index is 9.83. The summed E-state index contributed by atoms with van der Waals surface area (Å²) in [5.74, 6) is 0.146. The first kappa shape index (κ1) is 15.7. The quantitative estimate of drug-likeness (QED) is 0.245. The van der Waals surface area contributed by atoms with Crippen LogP contribution in [0.1, 0.15) is 6.92 Å². The van der Waals surface area contributed by atoms with Crippen molar-refractivity contribution < 1.29 is 9.84 Å². The highest BCUT2D eigenvalue weighted by Crippen LogP contribution is 2.34. The second-order valence-electron chi connectivity index (χ2n) is 4.76. The van der Waals surface area contributed by atoms with Crippen molar-refractivity contribution in [3.63, 3.8) is 0 Å². The molecular formula is C15H17N5O2S. The topological polar surface area (TPSA) is 90.6 Å². The molecule has 120 valence electrons. The number of phenols is 1. The molecule has 1 aromatic carbocycles. The lowest BCUT2D eigenvalue weighted by Crippen LogP contribution is -2.18. The smallest absolute Gasteiger partial charge is 0.140 e. The van der Waals surface area contributed by atoms with Crippen molar-refractivity contribution in [3.05, 3.63) is 41.0 Å². The van der Waals surface area contributed by atoms with Crippen molar-refractivity contribution in [3.8, 4) is 5.75 Å². The van der Waals surface area contributed by atoms with Gasteiger partial charge in [0.05, 0.1) is 11.4 Å². The van der Waals surface area contributed by atoms with Crippen molar-refractivity contribution in [2.45, 2.75) is 13.1 Å². The van der Waals surface area contributed by atoms with Crippen LogP contribution in [0.2, 0.25) is 0 Å². The summed E-state index contributed by atoms with van der Waals surface area (Å²) in [6.45, 7) is 2.83. The number of anilines is 1. The van der Waals surface area contributed by atoms with E-state index in [-0.39, 0.29) is 11.9 Å². The largest absolute Gasteiger partial charge is 0.506 e. The van der Waals surface area contributed by atoms with Crippen LogP contribution in [0.5, 0.6) is 5.75 Å². The van der Waals surface area contributed by atoms with Crippen LogP contribution in [0.25, 0.3) is 0 Å². The molecule has 2 heterocycles. The van der Waals surface area contributed by atoms with E-state index in [0.29, 0.717) is 24.7 Å². The van der Waals surface area contributed by atoms with E-state index in [1.54, 1.807) is 24.4 Å². The minimum absolute atomic E-state index is 0.0535. The summed E-state index contributed by atoms with van der Waals surface area (Å²) < 4.78 is 8.39. The molecule has 0 saturated carbocycles. The van der Waals surface area contributed by atoms with Gasteiger partial charge in [-0.3, -0.25) is 4.99 Å². The van der Waals surface area contributed by atoms with Crippen LogP contribution in [-0.4, -0.2) is 30.8 Å². The van der Waals surface area contributed by atoms with Crippen LogP contribution < -0.4 is 10.0 Å². The highest BCUT2D eigenvalue weighted by molar-refractivity contribution is 8.01. The van der Waals surface area contributed by atoms with Crippen molar-refractivity contribution in [1.29, 1.82) is 0 Å². The average molecular weight is 331 g/mol. The van der Waals surface area contributed by atoms with E-state index in [9.17, 15) is 5.11 Å². The molecule has 0 amide bonds. The predicted octanol–water partition coefficient (Wildman–Crippen LogP) is 3.31. The molecule has 0 fully saturated rings. The van der Waals surface area contributed by atoms with E-state index >= 15 is 0 Å². The van der Waals surface area contributed by atoms with Gasteiger partial charge in [0, 0.05) is 18.4 Å². The normalized spacial score (nSPS) is 19.6. The fourth-order valence-electron chi connectivity index (χ4n) is 2.05. The number of aliphatic imine (C=N–C) groups is 1. The Morgan fingerprint density at radius 1 is 1.43 bits per heavy atom. The van der Waals surface area contributed by atoms with Gasteiger partial charge in [-0.05, 0) is 43.1 Å². The first-order chi connectivity index (χ1) is 11.3. The lowest BCUT2D eigenvalue weighted by Gasteiger charge is -2.08. The Bertz CT molecular complexity index is 699. The monoisotopic (exact) mass is 331 g/mol. The molecule has 2 aliphatic rings. The second-order valence-corrected chi connectivity index (χ2v) is 5.58. The summed E-state index contributed by atoms with van der Waals surface area (Å²) in [7, 11) is 0. The Kier molecular flexibility index (Phi) is 5.06. The van der Waals surface area contributed by atoms with E-state index in [1.165, 1.54) is 11.9 Å². The summed E-state index contributed by atoms with van der Waals surface area (Å²) in [4.78, 5) is 4.30. The lowest BCUT2D eigenvalue weighted by molar-refractivity contribution is 0.166. The number of rotatable bonds is 6. The summed E-state index contributed by atoms with van der Waals surface area (Å²) in [5.41, 5.74) is 2.21. The molecule has 1 aromatic rings. The van der Waals surface area contributed by atoms with Gasteiger partial charge in [0.2, 0.25) is 0 Å². The van der Waals surface area contributed by atoms with Gasteiger partial charge in [0.1, 0.15) is 23.7 Å². The molecule has 23 heavy (non-hydrogen) atoms. The summed E-state index contributed by atoms with van der Waals surface area (Å²) in [6.07, 6.45) is 5.57. The molecular weight excluding hydrogens is 314 g/mol. The third kappa shape index (κ3) is 3.79. The number of dihydropyridines is 1. The van der Waals surface area contributed by atoms with Gasteiger partial charge < -0.3 is 15.2 Å². The van der Waals surface area contributed by atoms with Gasteiger partial charge in [-0.2, -0.15) is 0 Å². The van der Waals surface area contributed by atoms with E-state index in [4.69, 9.17) is 4.74 Å². The third-order valence-electron chi connectivity index (χ3n) is 3.21. The summed E-state index contributed by atoms with van der Waals surface area (Å²) >= 11 is 1.41. The minimum atomic E-state index is -0.0535. The predicted molar refractivity (Wildman–Crippen MR) is 91.9 cm³/mol. The number of aromatic hydroxyl groups is 1. The Hall–Kier alpha value is -2.16. The van der Waals surface area contributed by atoms with Crippen molar-refractivity contribution in [2.24, 2.45) is 15.2 Å². The van der Waals surface area contributed by atoms with E-state index < -0.39 is 0 Å². The van der Waals surface area contributed by atoms with Gasteiger partial charge in [-0.25, -0.2) is 4.72 Å². The number of allylic oxidation sites excluding steroid dienone is 1. The van der Waals surface area contributed by atoms with Crippen LogP contribution in [0.3, 0.4) is 0 Å². The first-order valence-corrected chi connectivity index (χ1v) is 8.02. The fourth-order valence-corrected chi connectivity index (χ4v) is 2.84. The Morgan fingerprint density at radius 2 is 2.35 bits per heavy atom. The number of benzene rings is 1. The Labute approximate surface area is 138 Å². The first-order valence-electron chi connectivity index (χ1n) is 7.20. The zero-order valence-corrected chi connectivity index (χ0v) is 13.4. The maximum Gasteiger partial charge on any atom is 0.140 e. The molecule has 3 rings (SSSR count). The van der Waals surface area contributed by atoms with E-state index in [2.05, 4.69) is 25.3 Å². The third-order valence-corrected chi connectivity index (χ3v) is 4.06. The zero-order chi connectivity index (χ0) is 16.1. The zero-order valence-electron chi connectivity index (χ0n) is 12.6. The molecule has 0 spiro atoms. The van der Waals surface area contributed by atoms with Gasteiger partial charge in [0.15, 0.2) is 0 Å². The molecule has 1 atom stereocenters. The number of hydrogen-bond donors (Lipinski definition) is 3. The SMILES string of the molecule is CCOCNc1cc(/N=N/C2=C3C=CC=NC3NS2)ccc1O. The molecule has 0 aliphatic carbocycles. The summed E-state index contributed by atoms with van der Waals surface area (Å²) in [5, 5.41) is 22.1. The summed E-state index contributed by atoms with van der Waals surface area (Å²) in [6, 6.07) is 5.01. The molecule has 3 N–H and O–H groups in total. The number of fused-ring (bicyclic) bond motifs is 1. The van der Waals surface area contributed by atoms with E-state index in [1.807, 2.05) is 19.1 Å². The number of nitrogens with zero attached hydrogens (tertiary/aromatic N) is 3. The van der Waals surface area contributed by atoms with Crippen LogP contribution in [0.15, 0.2) is 56.2 Å². The number of azo groups is 1. The Morgan fingerprint density at radius 3 is 3.22 bits per heavy atom. The highest BCUT2D eigenvalue weighted by atomic mass is 32.2. The molecule has 0 bridgehead atoms. The molecule has 8 heteroatoms. The van der Waals surface area contributed by atoms with Crippen LogP contribution >= 0.6 is 11.9 Å². The number of phenolic OH excluding ortho intramolecular Hbond substituents is 1. The standard InChI is InChI=1S/C15H17N5O2S/c1-2-22-9-17-12-8-10(5-6-13(12)21)18-19-15-11-4-3-7-16-14(11)20-23-15/h3-8,14,17,20-21H,2,9H2,1H3/b19-18+. The van der Waals surface area contributed by atoms with E-state index in [0.717, 1.165) is 10.6 Å². The number of ether oxygens (including phenoxy) is 1. The van der Waals surface area contributed by atoms with Gasteiger partial charge in [0.25, 0.3) is 0 Å². The molecule has 1 unspecified atom stereocenters. The van der Waals surface area contributed by atoms with Crippen LogP contribution in [-0.2, 0) is 4.74 Å². The van der Waals surface area contributed by atoms with Crippen LogP contribution in [0.4, 0.5) is 11.4 Å². The fraction of sp³-hybridized carbons (Fsp3) is 0.267. The van der Waals surface area contributed by atoms with Gasteiger partial charge in [-0.15, -0.1) is 10.2 Å². The maximum atomic E-state index is 9.83. The number of nitrogens with one attached hydrogen (secondary N) is 2. The van der Waals surface area contributed by atoms with Gasteiger partial charge >= 0.3 is 0 Å². The molecule has 2 aliphatic heterocycles. The van der Waals surface area contributed by atoms with Crippen molar-refractivity contribution in [1.82, 2.24) is 4.72 Å². The molecule has 0 saturated heterocycles. The molecule has 7 nitrogen and oxygen atoms in total. The Balaban J connectivity index is 1.74. The lowest BCUT2D eigenvalue weighted by atomic mass is 10.2. The second kappa shape index (κ2) is 7.40. The van der Waals surface area contributed by atoms with Crippen molar-refractivity contribution in [2.75, 3.05) is 18.7 Å². The number of hydrogen-bond acceptors (Lipinski definition) is 8.